The zero-order valence-electron chi connectivity index (χ0n) is 67.1. The number of hydrogen-bond donors (Lipinski definition) is 22. The zero-order chi connectivity index (χ0) is 89.5. The Hall–Kier alpha value is -12.0. The van der Waals surface area contributed by atoms with Crippen LogP contribution in [0.2, 0.25) is 0 Å². The summed E-state index contributed by atoms with van der Waals surface area (Å²) in [6.45, 7) is 1.02. The lowest BCUT2D eigenvalue weighted by molar-refractivity contribution is -0.143. The molecule has 120 heavy (non-hydrogen) atoms. The number of nitrogens with zero attached hydrogens (tertiary/aromatic N) is 2. The number of carbonyl (C=O) groups is 20. The summed E-state index contributed by atoms with van der Waals surface area (Å²) in [6, 6.07) is -3.31. The molecule has 17 amide bonds. The summed E-state index contributed by atoms with van der Waals surface area (Å²) in [7, 11) is 0. The first-order valence-corrected chi connectivity index (χ1v) is 40.2. The van der Waals surface area contributed by atoms with Crippen LogP contribution in [0.5, 0.6) is 0 Å². The first-order valence-electron chi connectivity index (χ1n) is 38.8. The number of benzene rings is 2. The highest BCUT2D eigenvalue weighted by Gasteiger charge is 2.42. The fraction of sp³-hybridized carbons (Fsp3) is 0.573. The Morgan fingerprint density at radius 3 is 1.44 bits per heavy atom. The van der Waals surface area contributed by atoms with E-state index in [1.807, 2.05) is 10.6 Å². The Balaban J connectivity index is 1.37. The molecule has 0 aromatic heterocycles. The van der Waals surface area contributed by atoms with Crippen LogP contribution >= 0.6 is 11.8 Å². The molecular weight excluding hydrogens is 1600 g/mol. The number of likely N-dealkylation sites (tertiary alicyclic amines) is 2. The van der Waals surface area contributed by atoms with Crippen LogP contribution in [-0.2, 0) is 109 Å². The molecule has 14 atom stereocenters. The molecule has 2 aliphatic rings. The summed E-state index contributed by atoms with van der Waals surface area (Å²) in [5.74, 6) is -21.3. The molecule has 2 aromatic rings. The van der Waals surface area contributed by atoms with Gasteiger partial charge in [-0.25, -0.2) is 0 Å². The van der Waals surface area contributed by atoms with E-state index in [0.717, 1.165) is 11.8 Å². The van der Waals surface area contributed by atoms with E-state index in [9.17, 15) is 116 Å². The Morgan fingerprint density at radius 2 is 0.908 bits per heavy atom. The van der Waals surface area contributed by atoms with Gasteiger partial charge in [0.25, 0.3) is 0 Å². The number of carboxylic acid groups (broad SMARTS) is 3. The van der Waals surface area contributed by atoms with Crippen molar-refractivity contribution in [2.75, 3.05) is 64.5 Å². The van der Waals surface area contributed by atoms with Crippen molar-refractivity contribution in [1.29, 1.82) is 0 Å². The lowest BCUT2D eigenvalue weighted by Crippen LogP contribution is -2.61. The van der Waals surface area contributed by atoms with Gasteiger partial charge in [0.05, 0.1) is 51.7 Å². The molecule has 2 aromatic carbocycles. The Labute approximate surface area is 694 Å². The second-order valence-electron chi connectivity index (χ2n) is 28.8. The smallest absolute Gasteiger partial charge is 0.305 e. The number of carbonyl (C=O) groups excluding carboxylic acids is 17. The van der Waals surface area contributed by atoms with Gasteiger partial charge in [-0.2, -0.15) is 11.8 Å². The molecule has 662 valence electrons. The summed E-state index contributed by atoms with van der Waals surface area (Å²) < 4.78 is 0. The van der Waals surface area contributed by atoms with Crippen LogP contribution in [0, 0.1) is 5.92 Å². The monoisotopic (exact) mass is 1710 g/mol. The quantitative estimate of drug-likeness (QED) is 0.0274. The Kier molecular flexibility index (Phi) is 43.0. The molecule has 2 aliphatic heterocycles. The molecule has 0 saturated carbocycles. The van der Waals surface area contributed by atoms with Gasteiger partial charge in [0.1, 0.15) is 78.5 Å². The van der Waals surface area contributed by atoms with Crippen LogP contribution in [0.1, 0.15) is 116 Å². The number of aliphatic carboxylic acids is 3. The predicted molar refractivity (Wildman–Crippen MR) is 425 cm³/mol. The second-order valence-corrected chi connectivity index (χ2v) is 29.8. The average Bonchev–Trinajstić information content (AvgIpc) is 1.64. The van der Waals surface area contributed by atoms with Gasteiger partial charge in [-0.1, -0.05) is 74.5 Å². The number of primary amides is 1. The van der Waals surface area contributed by atoms with Crippen LogP contribution in [0.25, 0.3) is 0 Å². The number of unbranched alkanes of at least 4 members (excludes halogenated alkanes) is 1. The molecule has 2 heterocycles. The first kappa shape index (κ1) is 100. The minimum absolute atomic E-state index is 0.000955. The average molecular weight is 1710 g/mol. The maximum absolute atomic E-state index is 14.6. The van der Waals surface area contributed by atoms with Gasteiger partial charge in [-0.3, -0.25) is 95.9 Å². The number of nitrogens with two attached hydrogens (primary N) is 3. The van der Waals surface area contributed by atoms with Gasteiger partial charge < -0.3 is 127 Å². The summed E-state index contributed by atoms with van der Waals surface area (Å²) >= 11 is 1.33. The molecule has 4 rings (SSSR count). The van der Waals surface area contributed by atoms with E-state index in [1.165, 1.54) is 23.6 Å². The van der Waals surface area contributed by atoms with Crippen LogP contribution in [0.4, 0.5) is 0 Å². The molecule has 2 saturated heterocycles. The minimum atomic E-state index is -2.02. The van der Waals surface area contributed by atoms with Gasteiger partial charge >= 0.3 is 17.9 Å². The highest BCUT2D eigenvalue weighted by Crippen LogP contribution is 2.22. The maximum atomic E-state index is 14.6. The van der Waals surface area contributed by atoms with Crippen LogP contribution in [0.15, 0.2) is 60.7 Å². The number of hydrogen-bond acceptors (Lipinski definition) is 25. The number of thioether (sulfide) groups is 1. The van der Waals surface area contributed by atoms with Crippen LogP contribution in [0.3, 0.4) is 0 Å². The summed E-state index contributed by atoms with van der Waals surface area (Å²) in [6.07, 6.45) is 0.0558. The third-order valence-electron chi connectivity index (χ3n) is 19.1. The van der Waals surface area contributed by atoms with E-state index < -0.39 is 267 Å². The van der Waals surface area contributed by atoms with Crippen molar-refractivity contribution >= 4 is 130 Å². The third kappa shape index (κ3) is 34.2. The number of aliphatic hydroxyl groups excluding tert-OH is 2. The van der Waals surface area contributed by atoms with Crippen molar-refractivity contribution in [2.24, 2.45) is 23.1 Å². The van der Waals surface area contributed by atoms with Crippen molar-refractivity contribution in [1.82, 2.24) is 84.2 Å². The third-order valence-corrected chi connectivity index (χ3v) is 19.7. The van der Waals surface area contributed by atoms with Crippen LogP contribution < -0.4 is 91.6 Å². The molecule has 25 N–H and O–H groups in total. The predicted octanol–water partition coefficient (Wildman–Crippen LogP) is -8.68. The van der Waals surface area contributed by atoms with Crippen molar-refractivity contribution in [2.45, 2.75) is 202 Å². The number of carboxylic acids is 3. The molecular formula is C75H111N19O25S. The molecule has 0 radical (unpaired) electrons. The number of nitrogens with one attached hydrogen (secondary N) is 14. The normalized spacial score (nSPS) is 16.6. The summed E-state index contributed by atoms with van der Waals surface area (Å²) in [5.41, 5.74) is 18.2. The summed E-state index contributed by atoms with van der Waals surface area (Å²) in [4.78, 5) is 267. The fourth-order valence-electron chi connectivity index (χ4n) is 12.5. The lowest BCUT2D eigenvalue weighted by atomic mass is 10.00. The number of rotatable bonds is 52. The highest BCUT2D eigenvalue weighted by molar-refractivity contribution is 7.98. The molecule has 0 bridgehead atoms. The van der Waals surface area contributed by atoms with E-state index in [2.05, 4.69) is 63.8 Å². The highest BCUT2D eigenvalue weighted by atomic mass is 32.2. The van der Waals surface area contributed by atoms with Gasteiger partial charge in [-0.05, 0) is 107 Å². The molecule has 0 spiro atoms. The lowest BCUT2D eigenvalue weighted by Gasteiger charge is -2.30. The van der Waals surface area contributed by atoms with Gasteiger partial charge in [-0.15, -0.1) is 0 Å². The van der Waals surface area contributed by atoms with E-state index >= 15 is 0 Å². The van der Waals surface area contributed by atoms with E-state index in [4.69, 9.17) is 22.3 Å². The largest absolute Gasteiger partial charge is 0.481 e. The van der Waals surface area contributed by atoms with E-state index in [1.54, 1.807) is 80.8 Å². The molecule has 0 aliphatic carbocycles. The molecule has 2 fully saturated rings. The SMILES string of the molecule is CSCC[C@H](NC(=O)[C@@H](NC(=O)[C@H](Cc1ccccc1)NC(=O)[C@@H]1CCCN1C(=O)CNC(=O)CNC(=O)[C@H](CO)NC(=O)[C@H](CC(=O)O)NC(=O)CNC(=O)[C@H](CCC(=O)O)NC(=O)[C@H](C)NC(=O)[C@H](C)NC(=O)[C@@H](N)CC(=O)O)C(C)C)C(=O)N[C@@H](CCCCN)C(=O)N[C@@H](CO)C(=O)N1CCC[C@H]1C(=O)N[C@@H](Cc1ccccc1)C(N)=O. The van der Waals surface area contributed by atoms with E-state index in [0.29, 0.717) is 36.1 Å². The molecule has 45 heteroatoms. The standard InChI is InChI=1S/C75H111N19O25S/c1-39(2)61(74(118)87-47(25-29-120-5)69(113)86-45(20-12-13-26-76)68(112)91-52(38-96)75(119)94-28-15-22-54(94)73(117)88-48(62(78)106)30-42-16-8-6-9-17-42)92-71(115)49(31-43-18-10-7-11-19-43)89-72(116)53-21-14-27-93(53)57(99)36-79-55(97)34-80-67(111)51(37-95)90-70(114)50(33-60(104)105)84-56(98)35-81-66(110)46(23-24-58(100)101)85-64(108)41(4)82-63(107)40(3)83-65(109)44(77)32-59(102)103/h6-11,16-19,39-41,44-54,61,95-96H,12-15,20-38,76-77H2,1-5H3,(H2,78,106)(H,79,97)(H,80,111)(H,81,110)(H,82,107)(H,83,109)(H,84,98)(H,85,108)(H,86,113)(H,87,118)(H,88,117)(H,89,116)(H,90,114)(H,91,112)(H,92,115)(H,100,101)(H,102,103)(H,104,105)/t40-,41-,44-,45-,46-,47-,48-,49-,50-,51-,52-,53-,54-,61-/m0/s1. The second kappa shape index (κ2) is 51.4. The first-order chi connectivity index (χ1) is 56.8. The maximum Gasteiger partial charge on any atom is 0.305 e. The minimum Gasteiger partial charge on any atom is -0.481 e. The zero-order valence-corrected chi connectivity index (χ0v) is 67.9. The number of aliphatic hydroxyl groups is 2. The number of amides is 17. The van der Waals surface area contributed by atoms with Crippen molar-refractivity contribution in [3.05, 3.63) is 71.8 Å². The van der Waals surface area contributed by atoms with Crippen LogP contribution in [-0.4, -0.2) is 303 Å². The van der Waals surface area contributed by atoms with Crippen molar-refractivity contribution in [3.8, 4) is 0 Å². The Bertz CT molecular complexity index is 3940. The summed E-state index contributed by atoms with van der Waals surface area (Å²) in [5, 5.41) is 81.5. The van der Waals surface area contributed by atoms with E-state index in [-0.39, 0.29) is 64.6 Å². The van der Waals surface area contributed by atoms with Gasteiger partial charge in [0.15, 0.2) is 0 Å². The Morgan fingerprint density at radius 1 is 0.450 bits per heavy atom. The van der Waals surface area contributed by atoms with Gasteiger partial charge in [0, 0.05) is 32.4 Å². The molecule has 0 unspecified atom stereocenters. The van der Waals surface area contributed by atoms with Gasteiger partial charge in [0.2, 0.25) is 100 Å². The fourth-order valence-corrected chi connectivity index (χ4v) is 12.9. The topological polar surface area (TPSA) is 696 Å². The van der Waals surface area contributed by atoms with Crippen molar-refractivity contribution in [3.63, 3.8) is 0 Å². The van der Waals surface area contributed by atoms with Crippen molar-refractivity contribution < 1.29 is 121 Å². The molecule has 44 nitrogen and oxygen atoms in total.